The number of carbonyl (C=O) groups is 1. The molecule has 6 rings (SSSR count). The maximum absolute atomic E-state index is 13.3. The zero-order chi connectivity index (χ0) is 18.7. The lowest BCUT2D eigenvalue weighted by Gasteiger charge is -2.57. The molecule has 1 saturated heterocycles. The van der Waals surface area contributed by atoms with Crippen molar-refractivity contribution in [1.82, 2.24) is 4.90 Å². The van der Waals surface area contributed by atoms with Gasteiger partial charge in [0.05, 0.1) is 6.04 Å². The molecule has 5 aliphatic rings. The molecular formula is C24H34N2O. The molecular weight excluding hydrogens is 332 g/mol. The molecule has 1 amide bonds. The third-order valence-corrected chi connectivity index (χ3v) is 8.08. The van der Waals surface area contributed by atoms with Crippen molar-refractivity contribution in [2.75, 3.05) is 11.9 Å². The monoisotopic (exact) mass is 366 g/mol. The number of rotatable bonds is 3. The molecule has 4 bridgehead atoms. The third-order valence-electron chi connectivity index (χ3n) is 8.08. The maximum atomic E-state index is 13.3. The van der Waals surface area contributed by atoms with Crippen molar-refractivity contribution in [1.29, 1.82) is 0 Å². The lowest BCUT2D eigenvalue weighted by Crippen LogP contribution is -2.58. The molecule has 1 unspecified atom stereocenters. The van der Waals surface area contributed by atoms with Crippen LogP contribution in [0.15, 0.2) is 12.1 Å². The smallest absolute Gasteiger partial charge is 0.241 e. The van der Waals surface area contributed by atoms with Crippen molar-refractivity contribution >= 4 is 11.6 Å². The van der Waals surface area contributed by atoms with Crippen LogP contribution in [0.3, 0.4) is 0 Å². The van der Waals surface area contributed by atoms with Crippen LogP contribution in [0.4, 0.5) is 5.69 Å². The Morgan fingerprint density at radius 3 is 2.15 bits per heavy atom. The van der Waals surface area contributed by atoms with E-state index in [-0.39, 0.29) is 11.9 Å². The summed E-state index contributed by atoms with van der Waals surface area (Å²) in [7, 11) is 0. The minimum absolute atomic E-state index is 0.0765. The van der Waals surface area contributed by atoms with Gasteiger partial charge in [-0.05, 0) is 107 Å². The second-order valence-corrected chi connectivity index (χ2v) is 10.1. The number of nitrogens with zero attached hydrogens (tertiary/aromatic N) is 1. The molecule has 1 heterocycles. The molecule has 1 atom stereocenters. The molecule has 146 valence electrons. The fraction of sp³-hybridized carbons (Fsp3) is 0.708. The van der Waals surface area contributed by atoms with Crippen LogP contribution in [0.25, 0.3) is 0 Å². The summed E-state index contributed by atoms with van der Waals surface area (Å²) in [5.41, 5.74) is 4.65. The van der Waals surface area contributed by atoms with Crippen molar-refractivity contribution in [2.45, 2.75) is 77.8 Å². The maximum Gasteiger partial charge on any atom is 0.241 e. The summed E-state index contributed by atoms with van der Waals surface area (Å²) in [5.74, 6) is 3.94. The summed E-state index contributed by atoms with van der Waals surface area (Å²) < 4.78 is 0. The van der Waals surface area contributed by atoms with Gasteiger partial charge in [0.2, 0.25) is 5.91 Å². The highest BCUT2D eigenvalue weighted by atomic mass is 16.2. The predicted molar refractivity (Wildman–Crippen MR) is 110 cm³/mol. The first kappa shape index (κ1) is 17.7. The fourth-order valence-corrected chi connectivity index (χ4v) is 7.45. The number of amides is 1. The lowest BCUT2D eigenvalue weighted by atomic mass is 9.54. The van der Waals surface area contributed by atoms with Gasteiger partial charge in [-0.2, -0.15) is 0 Å². The topological polar surface area (TPSA) is 32.3 Å². The summed E-state index contributed by atoms with van der Waals surface area (Å²) in [6.45, 7) is 7.47. The van der Waals surface area contributed by atoms with Crippen molar-refractivity contribution in [3.63, 3.8) is 0 Å². The van der Waals surface area contributed by atoms with E-state index >= 15 is 0 Å². The van der Waals surface area contributed by atoms with Crippen LogP contribution in [-0.4, -0.2) is 29.4 Å². The molecule has 1 N–H and O–H groups in total. The van der Waals surface area contributed by atoms with E-state index in [1.54, 1.807) is 0 Å². The zero-order valence-electron chi connectivity index (χ0n) is 17.1. The van der Waals surface area contributed by atoms with E-state index in [0.717, 1.165) is 42.3 Å². The van der Waals surface area contributed by atoms with Gasteiger partial charge in [-0.25, -0.2) is 0 Å². The van der Waals surface area contributed by atoms with Gasteiger partial charge in [0.25, 0.3) is 0 Å². The Labute approximate surface area is 163 Å². The van der Waals surface area contributed by atoms with Crippen LogP contribution in [-0.2, 0) is 4.79 Å². The van der Waals surface area contributed by atoms with E-state index in [4.69, 9.17) is 0 Å². The van der Waals surface area contributed by atoms with E-state index in [2.05, 4.69) is 43.1 Å². The van der Waals surface area contributed by atoms with Crippen LogP contribution in [0, 0.1) is 44.4 Å². The van der Waals surface area contributed by atoms with Crippen molar-refractivity contribution in [3.8, 4) is 0 Å². The second kappa shape index (κ2) is 6.62. The molecule has 4 saturated carbocycles. The number of likely N-dealkylation sites (tertiary alicyclic amines) is 1. The predicted octanol–water partition coefficient (Wildman–Crippen LogP) is 4.84. The van der Waals surface area contributed by atoms with Crippen LogP contribution >= 0.6 is 0 Å². The number of hydrogen-bond acceptors (Lipinski definition) is 2. The van der Waals surface area contributed by atoms with Gasteiger partial charge in [-0.1, -0.05) is 17.7 Å². The van der Waals surface area contributed by atoms with Gasteiger partial charge in [0.15, 0.2) is 0 Å². The van der Waals surface area contributed by atoms with Gasteiger partial charge in [-0.3, -0.25) is 9.69 Å². The summed E-state index contributed by atoms with van der Waals surface area (Å²) >= 11 is 0. The summed E-state index contributed by atoms with van der Waals surface area (Å²) in [5, 5.41) is 3.32. The molecule has 4 aliphatic carbocycles. The van der Waals surface area contributed by atoms with Crippen molar-refractivity contribution in [3.05, 3.63) is 28.8 Å². The minimum Gasteiger partial charge on any atom is -0.324 e. The molecule has 1 aromatic carbocycles. The standard InChI is InChI=1S/C24H34N2O/c1-14-7-15(2)22(16(3)8-14)25-24(27)21-5-4-6-26(21)23-19-10-17-9-18(12-19)13-20(23)11-17/h7-8,17-21,23H,4-6,9-13H2,1-3H3,(H,25,27). The quantitative estimate of drug-likeness (QED) is 0.830. The molecule has 0 spiro atoms. The zero-order valence-corrected chi connectivity index (χ0v) is 17.1. The molecule has 5 fully saturated rings. The Bertz CT molecular complexity index is 704. The van der Waals surface area contributed by atoms with Gasteiger partial charge >= 0.3 is 0 Å². The number of benzene rings is 1. The molecule has 3 nitrogen and oxygen atoms in total. The van der Waals surface area contributed by atoms with E-state index in [0.29, 0.717) is 6.04 Å². The molecule has 0 radical (unpaired) electrons. The van der Waals surface area contributed by atoms with Crippen molar-refractivity contribution in [2.24, 2.45) is 23.7 Å². The van der Waals surface area contributed by atoms with E-state index in [1.165, 1.54) is 55.2 Å². The summed E-state index contributed by atoms with van der Waals surface area (Å²) in [6, 6.07) is 5.10. The molecule has 1 aliphatic heterocycles. The molecule has 0 aromatic heterocycles. The van der Waals surface area contributed by atoms with Gasteiger partial charge in [0.1, 0.15) is 0 Å². The Hall–Kier alpha value is -1.35. The number of nitrogens with one attached hydrogen (secondary N) is 1. The minimum atomic E-state index is 0.0765. The largest absolute Gasteiger partial charge is 0.324 e. The third kappa shape index (κ3) is 3.03. The highest BCUT2D eigenvalue weighted by molar-refractivity contribution is 5.96. The highest BCUT2D eigenvalue weighted by Crippen LogP contribution is 2.55. The second-order valence-electron chi connectivity index (χ2n) is 10.1. The normalized spacial score (nSPS) is 37.7. The highest BCUT2D eigenvalue weighted by Gasteiger charge is 2.52. The SMILES string of the molecule is Cc1cc(C)c(NC(=O)C2CCCN2C2C3CC4CC(C3)CC2C4)c(C)c1. The number of carbonyl (C=O) groups excluding carboxylic acids is 1. The van der Waals surface area contributed by atoms with Crippen LogP contribution in [0.2, 0.25) is 0 Å². The summed E-state index contributed by atoms with van der Waals surface area (Å²) in [6.07, 6.45) is 9.41. The number of aryl methyl sites for hydroxylation is 3. The first-order valence-corrected chi connectivity index (χ1v) is 11.1. The van der Waals surface area contributed by atoms with E-state index in [1.807, 2.05) is 0 Å². The van der Waals surface area contributed by atoms with Gasteiger partial charge in [-0.15, -0.1) is 0 Å². The van der Waals surface area contributed by atoms with Crippen LogP contribution < -0.4 is 5.32 Å². The Morgan fingerprint density at radius 2 is 1.56 bits per heavy atom. The number of hydrogen-bond donors (Lipinski definition) is 1. The van der Waals surface area contributed by atoms with Crippen molar-refractivity contribution < 1.29 is 4.79 Å². The first-order chi connectivity index (χ1) is 13.0. The van der Waals surface area contributed by atoms with Crippen LogP contribution in [0.5, 0.6) is 0 Å². The number of anilines is 1. The average molecular weight is 367 g/mol. The molecule has 27 heavy (non-hydrogen) atoms. The van der Waals surface area contributed by atoms with E-state index in [9.17, 15) is 4.79 Å². The van der Waals surface area contributed by atoms with Gasteiger partial charge < -0.3 is 5.32 Å². The van der Waals surface area contributed by atoms with Crippen LogP contribution in [0.1, 0.15) is 61.6 Å². The Morgan fingerprint density at radius 1 is 0.963 bits per heavy atom. The first-order valence-electron chi connectivity index (χ1n) is 11.1. The van der Waals surface area contributed by atoms with Gasteiger partial charge in [0, 0.05) is 11.7 Å². The Kier molecular flexibility index (Phi) is 4.34. The van der Waals surface area contributed by atoms with E-state index < -0.39 is 0 Å². The fourth-order valence-electron chi connectivity index (χ4n) is 7.45. The average Bonchev–Trinajstić information content (AvgIpc) is 3.06. The molecule has 1 aromatic rings. The lowest BCUT2D eigenvalue weighted by molar-refractivity contribution is -0.125. The molecule has 3 heteroatoms. The summed E-state index contributed by atoms with van der Waals surface area (Å²) in [4.78, 5) is 15.9. The Balaban J connectivity index is 1.35.